The van der Waals surface area contributed by atoms with E-state index in [9.17, 15) is 0 Å². The average Bonchev–Trinajstić information content (AvgIpc) is 3.31. The van der Waals surface area contributed by atoms with Crippen molar-refractivity contribution in [1.29, 1.82) is 0 Å². The molecule has 5 rings (SSSR count). The van der Waals surface area contributed by atoms with Gasteiger partial charge in [-0.05, 0) is 55.8 Å². The summed E-state index contributed by atoms with van der Waals surface area (Å²) in [6.45, 7) is 5.20. The number of nitrogens with zero attached hydrogens (tertiary/aromatic N) is 5. The molecule has 0 saturated heterocycles. The van der Waals surface area contributed by atoms with Crippen LogP contribution in [0.25, 0.3) is 44.6 Å². The lowest BCUT2D eigenvalue weighted by atomic mass is 10.1. The number of halogens is 2. The SMILES string of the molecule is CCCc1nn(C)c2c(-c3cn(CC)c4ccc(Br)cc34)nc(-c3ccc(Cl)cc3)nc12. The van der Waals surface area contributed by atoms with Gasteiger partial charge in [0, 0.05) is 51.3 Å². The van der Waals surface area contributed by atoms with Crippen LogP contribution < -0.4 is 0 Å². The van der Waals surface area contributed by atoms with Gasteiger partial charge in [0.25, 0.3) is 0 Å². The number of hydrogen-bond acceptors (Lipinski definition) is 3. The third-order valence-electron chi connectivity index (χ3n) is 5.78. The first-order chi connectivity index (χ1) is 15.5. The van der Waals surface area contributed by atoms with Crippen LogP contribution >= 0.6 is 27.5 Å². The van der Waals surface area contributed by atoms with Gasteiger partial charge in [0.1, 0.15) is 16.7 Å². The van der Waals surface area contributed by atoms with Crippen molar-refractivity contribution in [1.82, 2.24) is 24.3 Å². The fourth-order valence-corrected chi connectivity index (χ4v) is 4.77. The standard InChI is InChI=1S/C25H23BrClN5/c1-4-6-20-23-24(31(3)30-20)22(28-25(29-23)15-7-10-17(27)11-8-15)19-14-32(5-2)21-12-9-16(26)13-18(19)21/h7-14H,4-6H2,1-3H3. The molecule has 5 aromatic rings. The van der Waals surface area contributed by atoms with E-state index in [4.69, 9.17) is 26.7 Å². The van der Waals surface area contributed by atoms with Gasteiger partial charge in [0.2, 0.25) is 0 Å². The number of aromatic nitrogens is 5. The summed E-state index contributed by atoms with van der Waals surface area (Å²) >= 11 is 9.77. The normalized spacial score (nSPS) is 11.7. The number of fused-ring (bicyclic) bond motifs is 2. The zero-order valence-corrected chi connectivity index (χ0v) is 20.6. The van der Waals surface area contributed by atoms with Crippen molar-refractivity contribution in [3.8, 4) is 22.6 Å². The quantitative estimate of drug-likeness (QED) is 0.256. The summed E-state index contributed by atoms with van der Waals surface area (Å²) in [6.07, 6.45) is 4.07. The Morgan fingerprint density at radius 2 is 1.81 bits per heavy atom. The summed E-state index contributed by atoms with van der Waals surface area (Å²) in [5.41, 5.74) is 6.97. The second-order valence-corrected chi connectivity index (χ2v) is 9.26. The van der Waals surface area contributed by atoms with Crippen molar-refractivity contribution in [2.24, 2.45) is 7.05 Å². The molecule has 2 aromatic carbocycles. The Kier molecular flexibility index (Phi) is 5.51. The molecule has 0 fully saturated rings. The maximum Gasteiger partial charge on any atom is 0.160 e. The fourth-order valence-electron chi connectivity index (χ4n) is 4.28. The first-order valence-electron chi connectivity index (χ1n) is 10.8. The van der Waals surface area contributed by atoms with E-state index in [1.807, 2.05) is 36.0 Å². The van der Waals surface area contributed by atoms with Crippen molar-refractivity contribution in [2.45, 2.75) is 33.2 Å². The summed E-state index contributed by atoms with van der Waals surface area (Å²) in [4.78, 5) is 10.1. The van der Waals surface area contributed by atoms with Crippen molar-refractivity contribution in [3.05, 3.63) is 63.9 Å². The van der Waals surface area contributed by atoms with Crippen molar-refractivity contribution in [3.63, 3.8) is 0 Å². The van der Waals surface area contributed by atoms with E-state index in [2.05, 4.69) is 58.7 Å². The zero-order valence-electron chi connectivity index (χ0n) is 18.2. The van der Waals surface area contributed by atoms with Gasteiger partial charge in [-0.3, -0.25) is 4.68 Å². The van der Waals surface area contributed by atoms with Crippen LogP contribution in [0.4, 0.5) is 0 Å². The summed E-state index contributed by atoms with van der Waals surface area (Å²) in [5, 5.41) is 6.66. The molecule has 0 spiro atoms. The van der Waals surface area contributed by atoms with Crippen molar-refractivity contribution >= 4 is 49.5 Å². The third kappa shape index (κ3) is 3.51. The molecule has 0 atom stereocenters. The highest BCUT2D eigenvalue weighted by molar-refractivity contribution is 9.10. The van der Waals surface area contributed by atoms with E-state index in [1.54, 1.807) is 0 Å². The first-order valence-corrected chi connectivity index (χ1v) is 12.0. The monoisotopic (exact) mass is 507 g/mol. The minimum absolute atomic E-state index is 0.682. The summed E-state index contributed by atoms with van der Waals surface area (Å²) in [7, 11) is 1.98. The molecule has 0 radical (unpaired) electrons. The van der Waals surface area contributed by atoms with Gasteiger partial charge in [0.05, 0.1) is 5.69 Å². The van der Waals surface area contributed by atoms with Crippen molar-refractivity contribution in [2.75, 3.05) is 0 Å². The van der Waals surface area contributed by atoms with Crippen LogP contribution in [0.2, 0.25) is 5.02 Å². The molecule has 0 aliphatic carbocycles. The Labute approximate surface area is 200 Å². The third-order valence-corrected chi connectivity index (χ3v) is 6.53. The number of hydrogen-bond donors (Lipinski definition) is 0. The average molecular weight is 509 g/mol. The van der Waals surface area contributed by atoms with Gasteiger partial charge in [-0.2, -0.15) is 5.10 Å². The Bertz CT molecular complexity index is 1450. The maximum atomic E-state index is 6.13. The highest BCUT2D eigenvalue weighted by Crippen LogP contribution is 2.37. The van der Waals surface area contributed by atoms with E-state index in [1.165, 1.54) is 5.52 Å². The lowest BCUT2D eigenvalue weighted by Crippen LogP contribution is -1.98. The van der Waals surface area contributed by atoms with Crippen LogP contribution in [-0.4, -0.2) is 24.3 Å². The molecule has 7 heteroatoms. The first kappa shape index (κ1) is 21.2. The lowest BCUT2D eigenvalue weighted by molar-refractivity contribution is 0.753. The van der Waals surface area contributed by atoms with Crippen LogP contribution in [0.1, 0.15) is 26.0 Å². The number of aryl methyl sites for hydroxylation is 3. The van der Waals surface area contributed by atoms with E-state index in [-0.39, 0.29) is 0 Å². The molecule has 0 amide bonds. The molecule has 5 nitrogen and oxygen atoms in total. The molecule has 32 heavy (non-hydrogen) atoms. The van der Waals surface area contributed by atoms with Crippen LogP contribution in [-0.2, 0) is 20.0 Å². The summed E-state index contributed by atoms with van der Waals surface area (Å²) < 4.78 is 5.23. The molecule has 162 valence electrons. The summed E-state index contributed by atoms with van der Waals surface area (Å²) in [6, 6.07) is 14.1. The molecule has 0 N–H and O–H groups in total. The Morgan fingerprint density at radius 1 is 1.03 bits per heavy atom. The molecule has 3 heterocycles. The molecule has 0 aliphatic heterocycles. The van der Waals surface area contributed by atoms with Crippen LogP contribution in [0.15, 0.2) is 53.1 Å². The van der Waals surface area contributed by atoms with Gasteiger partial charge in [-0.1, -0.05) is 40.9 Å². The second kappa shape index (κ2) is 8.34. The molecular formula is C25H23BrClN5. The van der Waals surface area contributed by atoms with Gasteiger partial charge < -0.3 is 4.57 Å². The maximum absolute atomic E-state index is 6.13. The highest BCUT2D eigenvalue weighted by atomic mass is 79.9. The Morgan fingerprint density at radius 3 is 2.53 bits per heavy atom. The van der Waals surface area contributed by atoms with E-state index in [0.29, 0.717) is 10.8 Å². The second-order valence-electron chi connectivity index (χ2n) is 7.91. The van der Waals surface area contributed by atoms with E-state index in [0.717, 1.165) is 62.8 Å². The van der Waals surface area contributed by atoms with Crippen molar-refractivity contribution < 1.29 is 0 Å². The molecule has 0 unspecified atom stereocenters. The van der Waals surface area contributed by atoms with Crippen LogP contribution in [0.3, 0.4) is 0 Å². The van der Waals surface area contributed by atoms with Crippen LogP contribution in [0, 0.1) is 0 Å². The largest absolute Gasteiger partial charge is 0.347 e. The lowest BCUT2D eigenvalue weighted by Gasteiger charge is -2.08. The van der Waals surface area contributed by atoms with Gasteiger partial charge >= 0.3 is 0 Å². The molecule has 0 aliphatic rings. The molecule has 3 aromatic heterocycles. The predicted octanol–water partition coefficient (Wildman–Crippen LogP) is 7.04. The topological polar surface area (TPSA) is 48.5 Å². The highest BCUT2D eigenvalue weighted by Gasteiger charge is 2.21. The van der Waals surface area contributed by atoms with E-state index < -0.39 is 0 Å². The van der Waals surface area contributed by atoms with Crippen LogP contribution in [0.5, 0.6) is 0 Å². The molecular weight excluding hydrogens is 486 g/mol. The number of benzene rings is 2. The zero-order chi connectivity index (χ0) is 22.4. The smallest absolute Gasteiger partial charge is 0.160 e. The van der Waals surface area contributed by atoms with Gasteiger partial charge in [0.15, 0.2) is 5.82 Å². The van der Waals surface area contributed by atoms with E-state index >= 15 is 0 Å². The minimum atomic E-state index is 0.682. The molecule has 0 saturated carbocycles. The Balaban J connectivity index is 1.87. The fraction of sp³-hybridized carbons (Fsp3) is 0.240. The van der Waals surface area contributed by atoms with Gasteiger partial charge in [-0.25, -0.2) is 9.97 Å². The Hall–Kier alpha value is -2.70. The number of rotatable bonds is 5. The minimum Gasteiger partial charge on any atom is -0.347 e. The van der Waals surface area contributed by atoms with Gasteiger partial charge in [-0.15, -0.1) is 0 Å². The summed E-state index contributed by atoms with van der Waals surface area (Å²) in [5.74, 6) is 0.682. The molecule has 0 bridgehead atoms. The predicted molar refractivity (Wildman–Crippen MR) is 135 cm³/mol.